The van der Waals surface area contributed by atoms with Crippen molar-refractivity contribution in [2.45, 2.75) is 25.3 Å². The van der Waals surface area contributed by atoms with Gasteiger partial charge in [-0.2, -0.15) is 0 Å². The molecule has 0 unspecified atom stereocenters. The lowest BCUT2D eigenvalue weighted by atomic mass is 9.98. The molecule has 0 fully saturated rings. The smallest absolute Gasteiger partial charge is 0.278 e. The molecule has 0 bridgehead atoms. The summed E-state index contributed by atoms with van der Waals surface area (Å²) in [4.78, 5) is 17.4. The Labute approximate surface area is 242 Å². The summed E-state index contributed by atoms with van der Waals surface area (Å²) in [6, 6.07) is 15.5. The van der Waals surface area contributed by atoms with Gasteiger partial charge in [0.15, 0.2) is 11.5 Å². The molecule has 0 radical (unpaired) electrons. The monoisotopic (exact) mass is 673 g/mol. The second-order valence-corrected chi connectivity index (χ2v) is 10.8. The van der Waals surface area contributed by atoms with Crippen LogP contribution in [0.2, 0.25) is 0 Å². The Balaban J connectivity index is 1.56. The van der Waals surface area contributed by atoms with Crippen molar-refractivity contribution in [3.8, 4) is 33.8 Å². The number of hydrogen-bond donors (Lipinski definition) is 1. The standard InChI is InChI=1S/C25H20IN7O6S/c1-15-12-27-20(16(2)24(15)33(34)35)13-32-14-21(28-30-32)25-22(23(29-38-25)18-6-4-3-5-7-18)17-8-10-19(11-9-17)40(36,37)31-39-26/h3-12,14,31H,13H2,1-2H3. The van der Waals surface area contributed by atoms with Gasteiger partial charge in [-0.15, -0.1) is 5.10 Å². The first-order chi connectivity index (χ1) is 19.2. The summed E-state index contributed by atoms with van der Waals surface area (Å²) in [6.07, 6.45) is 3.09. The molecule has 0 aliphatic rings. The number of rotatable bonds is 9. The first-order valence-corrected chi connectivity index (χ1v) is 14.0. The van der Waals surface area contributed by atoms with Crippen LogP contribution in [0.5, 0.6) is 0 Å². The maximum atomic E-state index is 12.3. The number of benzene rings is 2. The van der Waals surface area contributed by atoms with Crippen LogP contribution < -0.4 is 4.89 Å². The van der Waals surface area contributed by atoms with Gasteiger partial charge in [-0.3, -0.25) is 15.1 Å². The molecule has 0 saturated heterocycles. The van der Waals surface area contributed by atoms with E-state index in [1.165, 1.54) is 46.0 Å². The zero-order valence-electron chi connectivity index (χ0n) is 21.0. The molecular formula is C25H20IN7O6S. The maximum Gasteiger partial charge on any atom is 0.278 e. The van der Waals surface area contributed by atoms with Gasteiger partial charge in [0.25, 0.3) is 15.7 Å². The minimum atomic E-state index is -3.85. The predicted octanol–water partition coefficient (Wildman–Crippen LogP) is 4.80. The maximum absolute atomic E-state index is 12.3. The molecule has 5 aromatic rings. The van der Waals surface area contributed by atoms with Crippen molar-refractivity contribution in [3.05, 3.63) is 93.9 Å². The average molecular weight is 673 g/mol. The molecule has 3 aromatic heterocycles. The number of nitrogens with zero attached hydrogens (tertiary/aromatic N) is 6. The molecule has 0 aliphatic carbocycles. The summed E-state index contributed by atoms with van der Waals surface area (Å²) in [5, 5.41) is 24.2. The second kappa shape index (κ2) is 11.2. The summed E-state index contributed by atoms with van der Waals surface area (Å²) in [5.41, 5.74) is 4.31. The van der Waals surface area contributed by atoms with Crippen molar-refractivity contribution < 1.29 is 21.0 Å². The van der Waals surface area contributed by atoms with Crippen LogP contribution in [0.1, 0.15) is 16.8 Å². The van der Waals surface area contributed by atoms with E-state index in [0.29, 0.717) is 45.1 Å². The van der Waals surface area contributed by atoms with E-state index in [0.717, 1.165) is 5.56 Å². The van der Waals surface area contributed by atoms with E-state index in [1.54, 1.807) is 32.2 Å². The minimum Gasteiger partial charge on any atom is -0.353 e. The number of sulfonamides is 1. The van der Waals surface area contributed by atoms with Crippen LogP contribution in [0.25, 0.3) is 33.8 Å². The van der Waals surface area contributed by atoms with E-state index < -0.39 is 14.9 Å². The van der Waals surface area contributed by atoms with Crippen molar-refractivity contribution in [3.63, 3.8) is 0 Å². The average Bonchev–Trinajstić information content (AvgIpc) is 3.58. The lowest BCUT2D eigenvalue weighted by Crippen LogP contribution is -2.20. The van der Waals surface area contributed by atoms with Crippen LogP contribution in [0.15, 0.2) is 76.4 Å². The Morgan fingerprint density at radius 2 is 1.82 bits per heavy atom. The van der Waals surface area contributed by atoms with Crippen LogP contribution in [-0.2, 0) is 19.7 Å². The fourth-order valence-corrected chi connectivity index (χ4v) is 5.64. The normalized spacial score (nSPS) is 11.6. The highest BCUT2D eigenvalue weighted by Gasteiger charge is 2.25. The largest absolute Gasteiger partial charge is 0.353 e. The van der Waals surface area contributed by atoms with E-state index in [1.807, 2.05) is 35.2 Å². The highest BCUT2D eigenvalue weighted by atomic mass is 127. The van der Waals surface area contributed by atoms with E-state index in [-0.39, 0.29) is 17.1 Å². The molecule has 0 saturated carbocycles. The number of aromatic nitrogens is 5. The van der Waals surface area contributed by atoms with Gasteiger partial charge in [-0.25, -0.2) is 16.3 Å². The molecule has 3 heterocycles. The number of nitro groups is 1. The molecule has 2 aromatic carbocycles. The van der Waals surface area contributed by atoms with Crippen molar-refractivity contribution in [1.82, 2.24) is 30.0 Å². The summed E-state index contributed by atoms with van der Waals surface area (Å²) in [7, 11) is -3.85. The molecule has 1 N–H and O–H groups in total. The van der Waals surface area contributed by atoms with Crippen LogP contribution in [0, 0.1) is 24.0 Å². The van der Waals surface area contributed by atoms with Crippen molar-refractivity contribution >= 4 is 38.7 Å². The summed E-state index contributed by atoms with van der Waals surface area (Å²) >= 11 is 1.43. The second-order valence-electron chi connectivity index (χ2n) is 8.71. The highest BCUT2D eigenvalue weighted by Crippen LogP contribution is 2.39. The minimum absolute atomic E-state index is 0.00758. The zero-order chi connectivity index (χ0) is 28.4. The molecular weight excluding hydrogens is 653 g/mol. The molecule has 5 rings (SSSR count). The molecule has 13 nitrogen and oxygen atoms in total. The Hall–Kier alpha value is -4.06. The van der Waals surface area contributed by atoms with E-state index in [2.05, 4.69) is 23.6 Å². The third kappa shape index (κ3) is 5.35. The first kappa shape index (κ1) is 27.5. The Morgan fingerprint density at radius 3 is 2.50 bits per heavy atom. The molecule has 0 spiro atoms. The van der Waals surface area contributed by atoms with E-state index in [4.69, 9.17) is 4.52 Å². The SMILES string of the molecule is Cc1cnc(Cn2cc(-c3onc(-c4ccccc4)c3-c3ccc(S(=O)(=O)NOI)cc3)nn2)c(C)c1[N+](=O)[O-]. The predicted molar refractivity (Wildman–Crippen MR) is 151 cm³/mol. The van der Waals surface area contributed by atoms with Gasteiger partial charge in [0, 0.05) is 17.3 Å². The van der Waals surface area contributed by atoms with Crippen LogP contribution >= 0.6 is 23.0 Å². The number of pyridine rings is 1. The summed E-state index contributed by atoms with van der Waals surface area (Å²) in [5.74, 6) is 0.314. The van der Waals surface area contributed by atoms with Crippen LogP contribution in [0.4, 0.5) is 5.69 Å². The topological polar surface area (TPSA) is 168 Å². The van der Waals surface area contributed by atoms with Crippen molar-refractivity contribution in [1.29, 1.82) is 0 Å². The molecule has 204 valence electrons. The van der Waals surface area contributed by atoms with Gasteiger partial charge in [0.2, 0.25) is 0 Å². The number of hydrogen-bond acceptors (Lipinski definition) is 10. The lowest BCUT2D eigenvalue weighted by molar-refractivity contribution is -0.386. The Bertz CT molecular complexity index is 1810. The highest BCUT2D eigenvalue weighted by molar-refractivity contribution is 14.1. The van der Waals surface area contributed by atoms with Gasteiger partial charge in [-0.1, -0.05) is 57.7 Å². The lowest BCUT2D eigenvalue weighted by Gasteiger charge is -2.07. The summed E-state index contributed by atoms with van der Waals surface area (Å²) in [6.45, 7) is 3.44. The molecule has 0 aliphatic heterocycles. The van der Waals surface area contributed by atoms with E-state index >= 15 is 0 Å². The number of halogens is 1. The third-order valence-electron chi connectivity index (χ3n) is 6.18. The van der Waals surface area contributed by atoms with Gasteiger partial charge < -0.3 is 4.52 Å². The van der Waals surface area contributed by atoms with Gasteiger partial charge >= 0.3 is 0 Å². The fraction of sp³-hybridized carbons (Fsp3) is 0.120. The van der Waals surface area contributed by atoms with Gasteiger partial charge in [0.05, 0.1) is 39.4 Å². The van der Waals surface area contributed by atoms with Crippen LogP contribution in [0.3, 0.4) is 0 Å². The quantitative estimate of drug-likeness (QED) is 0.130. The Kier molecular flexibility index (Phi) is 7.70. The molecule has 40 heavy (non-hydrogen) atoms. The summed E-state index contributed by atoms with van der Waals surface area (Å²) < 4.78 is 36.5. The number of aryl methyl sites for hydroxylation is 1. The van der Waals surface area contributed by atoms with Gasteiger partial charge in [0.1, 0.15) is 28.7 Å². The Morgan fingerprint density at radius 1 is 1.10 bits per heavy atom. The molecule has 0 atom stereocenters. The first-order valence-electron chi connectivity index (χ1n) is 11.6. The van der Waals surface area contributed by atoms with E-state index in [9.17, 15) is 18.5 Å². The number of nitrogens with one attached hydrogen (secondary N) is 1. The zero-order valence-corrected chi connectivity index (χ0v) is 24.0. The van der Waals surface area contributed by atoms with Crippen molar-refractivity contribution in [2.75, 3.05) is 0 Å². The van der Waals surface area contributed by atoms with Crippen molar-refractivity contribution in [2.24, 2.45) is 0 Å². The fourth-order valence-electron chi connectivity index (χ4n) is 4.25. The molecule has 15 heteroatoms. The third-order valence-corrected chi connectivity index (χ3v) is 7.89. The molecule has 0 amide bonds. The van der Waals surface area contributed by atoms with Gasteiger partial charge in [-0.05, 0) is 31.5 Å². The van der Waals surface area contributed by atoms with Crippen LogP contribution in [-0.4, -0.2) is 38.5 Å².